The molecular formula is C14H21BClNO2. The molecule has 0 saturated carbocycles. The number of nitrogens with one attached hydrogen (secondary N) is 1. The van der Waals surface area contributed by atoms with Gasteiger partial charge in [-0.15, -0.1) is 0 Å². The summed E-state index contributed by atoms with van der Waals surface area (Å²) in [5.74, 6) is 0. The van der Waals surface area contributed by atoms with Gasteiger partial charge in [0, 0.05) is 22.7 Å². The van der Waals surface area contributed by atoms with Crippen LogP contribution in [0.1, 0.15) is 34.6 Å². The van der Waals surface area contributed by atoms with Crippen LogP contribution in [-0.4, -0.2) is 24.9 Å². The first kappa shape index (κ1) is 14.7. The lowest BCUT2D eigenvalue weighted by atomic mass is 9.78. The summed E-state index contributed by atoms with van der Waals surface area (Å²) in [5, 5.41) is 4.00. The molecule has 1 aliphatic rings. The smallest absolute Gasteiger partial charge is 0.399 e. The summed E-state index contributed by atoms with van der Waals surface area (Å²) in [5.41, 5.74) is 1.27. The highest BCUT2D eigenvalue weighted by molar-refractivity contribution is 6.64. The van der Waals surface area contributed by atoms with Crippen LogP contribution >= 0.6 is 11.6 Å². The number of halogens is 1. The molecule has 3 nitrogen and oxygen atoms in total. The molecular weight excluding hydrogens is 260 g/mol. The van der Waals surface area contributed by atoms with Crippen molar-refractivity contribution in [2.24, 2.45) is 0 Å². The Bertz CT molecular complexity index is 461. The highest BCUT2D eigenvalue weighted by atomic mass is 35.5. The fraction of sp³-hybridized carbons (Fsp3) is 0.571. The van der Waals surface area contributed by atoms with Crippen LogP contribution in [0.2, 0.25) is 5.02 Å². The summed E-state index contributed by atoms with van der Waals surface area (Å²) in [4.78, 5) is 0. The van der Waals surface area contributed by atoms with Crippen molar-refractivity contribution in [1.29, 1.82) is 0 Å². The zero-order chi connectivity index (χ0) is 14.3. The van der Waals surface area contributed by atoms with E-state index in [9.17, 15) is 0 Å². The van der Waals surface area contributed by atoms with Crippen molar-refractivity contribution in [2.75, 3.05) is 11.9 Å². The van der Waals surface area contributed by atoms with E-state index in [-0.39, 0.29) is 11.2 Å². The molecule has 1 aromatic carbocycles. The summed E-state index contributed by atoms with van der Waals surface area (Å²) in [6, 6.07) is 5.74. The van der Waals surface area contributed by atoms with Gasteiger partial charge >= 0.3 is 7.12 Å². The Kier molecular flexibility index (Phi) is 3.87. The zero-order valence-corrected chi connectivity index (χ0v) is 13.0. The summed E-state index contributed by atoms with van der Waals surface area (Å²) in [6.45, 7) is 11.1. The first-order valence-electron chi connectivity index (χ1n) is 6.66. The lowest BCUT2D eigenvalue weighted by molar-refractivity contribution is 0.00578. The van der Waals surface area contributed by atoms with E-state index in [1.165, 1.54) is 0 Å². The van der Waals surface area contributed by atoms with Crippen molar-refractivity contribution in [3.05, 3.63) is 23.2 Å². The van der Waals surface area contributed by atoms with Crippen molar-refractivity contribution in [3.63, 3.8) is 0 Å². The van der Waals surface area contributed by atoms with E-state index >= 15 is 0 Å². The molecule has 0 aromatic heterocycles. The maximum Gasteiger partial charge on any atom is 0.497 e. The van der Waals surface area contributed by atoms with E-state index in [0.29, 0.717) is 5.02 Å². The fourth-order valence-electron chi connectivity index (χ4n) is 2.05. The standard InChI is InChI=1S/C14H21BClNO2/c1-6-17-12-8-7-10(16)9-11(12)15-18-13(2,3)14(4,5)19-15/h7-9,17H,6H2,1-5H3. The summed E-state index contributed by atoms with van der Waals surface area (Å²) < 4.78 is 12.1. The molecule has 0 amide bonds. The van der Waals surface area contributed by atoms with Crippen molar-refractivity contribution in [1.82, 2.24) is 0 Å². The molecule has 1 fully saturated rings. The number of benzene rings is 1. The number of anilines is 1. The number of rotatable bonds is 3. The minimum absolute atomic E-state index is 0.344. The molecule has 1 saturated heterocycles. The Labute approximate surface area is 120 Å². The predicted octanol–water partition coefficient (Wildman–Crippen LogP) is 3.07. The third kappa shape index (κ3) is 2.76. The first-order chi connectivity index (χ1) is 8.77. The van der Waals surface area contributed by atoms with E-state index in [0.717, 1.165) is 17.7 Å². The van der Waals surface area contributed by atoms with Crippen molar-refractivity contribution in [2.45, 2.75) is 45.8 Å². The number of hydrogen-bond acceptors (Lipinski definition) is 3. The van der Waals surface area contributed by atoms with Gasteiger partial charge in [0.1, 0.15) is 0 Å². The monoisotopic (exact) mass is 281 g/mol. The molecule has 104 valence electrons. The molecule has 0 unspecified atom stereocenters. The van der Waals surface area contributed by atoms with E-state index in [1.807, 2.05) is 45.9 Å². The van der Waals surface area contributed by atoms with Crippen LogP contribution < -0.4 is 10.8 Å². The van der Waals surface area contributed by atoms with E-state index < -0.39 is 7.12 Å². The van der Waals surface area contributed by atoms with E-state index in [4.69, 9.17) is 20.9 Å². The van der Waals surface area contributed by atoms with Gasteiger partial charge in [0.2, 0.25) is 0 Å². The third-order valence-electron chi connectivity index (χ3n) is 3.89. The Balaban J connectivity index is 2.35. The average Bonchev–Trinajstić information content (AvgIpc) is 2.51. The van der Waals surface area contributed by atoms with Crippen LogP contribution in [0.5, 0.6) is 0 Å². The molecule has 0 radical (unpaired) electrons. The summed E-state index contributed by atoms with van der Waals surface area (Å²) >= 11 is 6.10. The quantitative estimate of drug-likeness (QED) is 0.864. The van der Waals surface area contributed by atoms with Gasteiger partial charge in [-0.05, 0) is 52.8 Å². The van der Waals surface area contributed by atoms with Crippen molar-refractivity contribution >= 4 is 29.9 Å². The number of hydrogen-bond donors (Lipinski definition) is 1. The molecule has 5 heteroatoms. The van der Waals surface area contributed by atoms with Crippen LogP contribution in [0.3, 0.4) is 0 Å². The van der Waals surface area contributed by atoms with Crippen LogP contribution in [0.4, 0.5) is 5.69 Å². The van der Waals surface area contributed by atoms with Crippen LogP contribution in [0.15, 0.2) is 18.2 Å². The first-order valence-corrected chi connectivity index (χ1v) is 7.03. The van der Waals surface area contributed by atoms with Gasteiger partial charge in [0.25, 0.3) is 0 Å². The zero-order valence-electron chi connectivity index (χ0n) is 12.2. The van der Waals surface area contributed by atoms with Gasteiger partial charge in [-0.25, -0.2) is 0 Å². The van der Waals surface area contributed by atoms with Crippen molar-refractivity contribution in [3.8, 4) is 0 Å². The van der Waals surface area contributed by atoms with Gasteiger partial charge in [-0.2, -0.15) is 0 Å². The van der Waals surface area contributed by atoms with E-state index in [2.05, 4.69) is 12.2 Å². The Morgan fingerprint density at radius 1 is 1.16 bits per heavy atom. The van der Waals surface area contributed by atoms with Gasteiger partial charge in [0.15, 0.2) is 0 Å². The molecule has 0 bridgehead atoms. The molecule has 0 spiro atoms. The topological polar surface area (TPSA) is 30.5 Å². The maximum absolute atomic E-state index is 6.10. The molecule has 2 rings (SSSR count). The Morgan fingerprint density at radius 2 is 1.74 bits per heavy atom. The molecule has 1 aromatic rings. The molecule has 1 heterocycles. The second-order valence-electron chi connectivity index (χ2n) is 5.85. The van der Waals surface area contributed by atoms with Crippen molar-refractivity contribution < 1.29 is 9.31 Å². The van der Waals surface area contributed by atoms with Crippen LogP contribution in [-0.2, 0) is 9.31 Å². The van der Waals surface area contributed by atoms with Gasteiger partial charge in [0.05, 0.1) is 11.2 Å². The summed E-state index contributed by atoms with van der Waals surface area (Å²) in [6.07, 6.45) is 0. The Hall–Kier alpha value is -0.705. The minimum Gasteiger partial charge on any atom is -0.399 e. The molecule has 19 heavy (non-hydrogen) atoms. The minimum atomic E-state index is -0.391. The SMILES string of the molecule is CCNc1ccc(Cl)cc1B1OC(C)(C)C(C)(C)O1. The lowest BCUT2D eigenvalue weighted by Gasteiger charge is -2.32. The second kappa shape index (κ2) is 5.00. The molecule has 1 aliphatic heterocycles. The van der Waals surface area contributed by atoms with Gasteiger partial charge in [-0.1, -0.05) is 11.6 Å². The van der Waals surface area contributed by atoms with Crippen LogP contribution in [0.25, 0.3) is 0 Å². The molecule has 0 aliphatic carbocycles. The Morgan fingerprint density at radius 3 is 2.26 bits per heavy atom. The lowest BCUT2D eigenvalue weighted by Crippen LogP contribution is -2.41. The molecule has 1 N–H and O–H groups in total. The largest absolute Gasteiger partial charge is 0.497 e. The van der Waals surface area contributed by atoms with Gasteiger partial charge in [-0.3, -0.25) is 0 Å². The highest BCUT2D eigenvalue weighted by Gasteiger charge is 2.52. The van der Waals surface area contributed by atoms with E-state index in [1.54, 1.807) is 0 Å². The average molecular weight is 282 g/mol. The fourth-order valence-corrected chi connectivity index (χ4v) is 2.23. The normalized spacial score (nSPS) is 20.6. The maximum atomic E-state index is 6.10. The van der Waals surface area contributed by atoms with Gasteiger partial charge < -0.3 is 14.6 Å². The summed E-state index contributed by atoms with van der Waals surface area (Å²) in [7, 11) is -0.391. The predicted molar refractivity (Wildman–Crippen MR) is 81.3 cm³/mol. The second-order valence-corrected chi connectivity index (χ2v) is 6.29. The van der Waals surface area contributed by atoms with Crippen LogP contribution in [0, 0.1) is 0 Å². The third-order valence-corrected chi connectivity index (χ3v) is 4.12. The highest BCUT2D eigenvalue weighted by Crippen LogP contribution is 2.37. The molecule has 0 atom stereocenters.